The summed E-state index contributed by atoms with van der Waals surface area (Å²) in [6.07, 6.45) is 0. The Balaban J connectivity index is 2.04. The van der Waals surface area contributed by atoms with Crippen molar-refractivity contribution in [2.45, 2.75) is 10.6 Å². The van der Waals surface area contributed by atoms with Crippen LogP contribution >= 0.6 is 46.6 Å². The third-order valence-corrected chi connectivity index (χ3v) is 3.91. The molecule has 88 valence electrons. The SMILES string of the molecule is Clc1ccc(SCc2cc(Cl)cc(Cl)c2)cc1. The first-order valence-electron chi connectivity index (χ1n) is 4.97. The standard InChI is InChI=1S/C13H9Cl3S/c14-10-1-3-13(4-2-10)17-8-9-5-11(15)7-12(16)6-9/h1-7H,8H2. The summed E-state index contributed by atoms with van der Waals surface area (Å²) < 4.78 is 0. The van der Waals surface area contributed by atoms with Crippen LogP contribution in [0.2, 0.25) is 15.1 Å². The van der Waals surface area contributed by atoms with Crippen LogP contribution in [-0.2, 0) is 5.75 Å². The summed E-state index contributed by atoms with van der Waals surface area (Å²) in [5, 5.41) is 2.09. The second-order valence-electron chi connectivity index (χ2n) is 3.52. The molecule has 2 aromatic carbocycles. The Bertz CT molecular complexity index is 488. The molecule has 0 atom stereocenters. The molecule has 0 nitrogen and oxygen atoms in total. The third kappa shape index (κ3) is 4.11. The lowest BCUT2D eigenvalue weighted by atomic mass is 10.2. The van der Waals surface area contributed by atoms with Gasteiger partial charge in [-0.3, -0.25) is 0 Å². The predicted molar refractivity (Wildman–Crippen MR) is 77.5 cm³/mol. The molecule has 0 bridgehead atoms. The quantitative estimate of drug-likeness (QED) is 0.632. The van der Waals surface area contributed by atoms with Crippen molar-refractivity contribution in [2.75, 3.05) is 0 Å². The highest BCUT2D eigenvalue weighted by Gasteiger charge is 2.00. The average Bonchev–Trinajstić information content (AvgIpc) is 2.27. The first kappa shape index (κ1) is 13.1. The van der Waals surface area contributed by atoms with Gasteiger partial charge in [-0.15, -0.1) is 11.8 Å². The van der Waals surface area contributed by atoms with Crippen LogP contribution in [0, 0.1) is 0 Å². The van der Waals surface area contributed by atoms with Crippen LogP contribution in [0.5, 0.6) is 0 Å². The van der Waals surface area contributed by atoms with E-state index in [0.29, 0.717) is 10.0 Å². The van der Waals surface area contributed by atoms with Crippen LogP contribution in [-0.4, -0.2) is 0 Å². The van der Waals surface area contributed by atoms with E-state index >= 15 is 0 Å². The molecule has 0 N–H and O–H groups in total. The monoisotopic (exact) mass is 302 g/mol. The van der Waals surface area contributed by atoms with Gasteiger partial charge < -0.3 is 0 Å². The van der Waals surface area contributed by atoms with Gasteiger partial charge in [0.15, 0.2) is 0 Å². The molecule has 2 rings (SSSR count). The molecule has 4 heteroatoms. The van der Waals surface area contributed by atoms with Crippen molar-refractivity contribution in [1.29, 1.82) is 0 Å². The highest BCUT2D eigenvalue weighted by atomic mass is 35.5. The number of benzene rings is 2. The normalized spacial score (nSPS) is 10.5. The lowest BCUT2D eigenvalue weighted by molar-refractivity contribution is 1.38. The zero-order valence-corrected chi connectivity index (χ0v) is 11.9. The molecule has 0 saturated carbocycles. The summed E-state index contributed by atoms with van der Waals surface area (Å²) in [4.78, 5) is 1.17. The van der Waals surface area contributed by atoms with E-state index in [1.165, 1.54) is 4.90 Å². The minimum absolute atomic E-state index is 0.671. The van der Waals surface area contributed by atoms with E-state index in [9.17, 15) is 0 Å². The molecular weight excluding hydrogens is 295 g/mol. The van der Waals surface area contributed by atoms with Gasteiger partial charge in [-0.05, 0) is 48.0 Å². The van der Waals surface area contributed by atoms with E-state index in [1.54, 1.807) is 17.8 Å². The Morgan fingerprint density at radius 2 is 1.35 bits per heavy atom. The summed E-state index contributed by atoms with van der Waals surface area (Å²) in [7, 11) is 0. The summed E-state index contributed by atoms with van der Waals surface area (Å²) in [5.74, 6) is 0.835. The molecule has 0 saturated heterocycles. The minimum atomic E-state index is 0.671. The molecule has 0 unspecified atom stereocenters. The summed E-state index contributed by atoms with van der Waals surface area (Å²) >= 11 is 19.4. The Morgan fingerprint density at radius 3 is 1.94 bits per heavy atom. The summed E-state index contributed by atoms with van der Waals surface area (Å²) in [6, 6.07) is 13.4. The fraction of sp³-hybridized carbons (Fsp3) is 0.0769. The van der Waals surface area contributed by atoms with Crippen LogP contribution in [0.15, 0.2) is 47.4 Å². The first-order chi connectivity index (χ1) is 8.13. The maximum atomic E-state index is 5.94. The van der Waals surface area contributed by atoms with Gasteiger partial charge in [0, 0.05) is 25.7 Å². The van der Waals surface area contributed by atoms with E-state index in [1.807, 2.05) is 36.4 Å². The molecule has 0 fully saturated rings. The fourth-order valence-electron chi connectivity index (χ4n) is 1.39. The zero-order valence-electron chi connectivity index (χ0n) is 8.79. The van der Waals surface area contributed by atoms with Gasteiger partial charge in [0.05, 0.1) is 0 Å². The highest BCUT2D eigenvalue weighted by molar-refractivity contribution is 7.98. The highest BCUT2D eigenvalue weighted by Crippen LogP contribution is 2.27. The van der Waals surface area contributed by atoms with Gasteiger partial charge in [-0.25, -0.2) is 0 Å². The predicted octanol–water partition coefficient (Wildman–Crippen LogP) is 5.94. The third-order valence-electron chi connectivity index (χ3n) is 2.14. The van der Waals surface area contributed by atoms with Crippen LogP contribution in [0.1, 0.15) is 5.56 Å². The number of hydrogen-bond donors (Lipinski definition) is 0. The molecule has 0 aromatic heterocycles. The van der Waals surface area contributed by atoms with Crippen LogP contribution < -0.4 is 0 Å². The number of rotatable bonds is 3. The molecule has 0 spiro atoms. The van der Waals surface area contributed by atoms with Gasteiger partial charge >= 0.3 is 0 Å². The van der Waals surface area contributed by atoms with Crippen LogP contribution in [0.25, 0.3) is 0 Å². The maximum Gasteiger partial charge on any atom is 0.0423 e. The molecule has 0 heterocycles. The average molecular weight is 304 g/mol. The zero-order chi connectivity index (χ0) is 12.3. The summed E-state index contributed by atoms with van der Waals surface area (Å²) in [5.41, 5.74) is 1.11. The van der Waals surface area contributed by atoms with E-state index < -0.39 is 0 Å². The van der Waals surface area contributed by atoms with Gasteiger partial charge in [0.1, 0.15) is 0 Å². The van der Waals surface area contributed by atoms with Crippen molar-refractivity contribution >= 4 is 46.6 Å². The minimum Gasteiger partial charge on any atom is -0.121 e. The van der Waals surface area contributed by atoms with Crippen molar-refractivity contribution < 1.29 is 0 Å². The van der Waals surface area contributed by atoms with Crippen molar-refractivity contribution in [3.8, 4) is 0 Å². The van der Waals surface area contributed by atoms with Crippen molar-refractivity contribution in [1.82, 2.24) is 0 Å². The van der Waals surface area contributed by atoms with Crippen molar-refractivity contribution in [3.05, 3.63) is 63.1 Å². The molecule has 0 aliphatic heterocycles. The van der Waals surface area contributed by atoms with Gasteiger partial charge in [-0.1, -0.05) is 34.8 Å². The van der Waals surface area contributed by atoms with Crippen molar-refractivity contribution in [2.24, 2.45) is 0 Å². The van der Waals surface area contributed by atoms with E-state index in [2.05, 4.69) is 0 Å². The number of thioether (sulfide) groups is 1. The fourth-order valence-corrected chi connectivity index (χ4v) is 2.92. The second kappa shape index (κ2) is 6.01. The Labute approximate surface area is 120 Å². The van der Waals surface area contributed by atoms with Gasteiger partial charge in [0.2, 0.25) is 0 Å². The van der Waals surface area contributed by atoms with E-state index in [-0.39, 0.29) is 0 Å². The van der Waals surface area contributed by atoms with Crippen molar-refractivity contribution in [3.63, 3.8) is 0 Å². The summed E-state index contributed by atoms with van der Waals surface area (Å²) in [6.45, 7) is 0. The molecular formula is C13H9Cl3S. The molecule has 0 amide bonds. The molecule has 0 radical (unpaired) electrons. The first-order valence-corrected chi connectivity index (χ1v) is 7.09. The Kier molecular flexibility index (Phi) is 4.63. The smallest absolute Gasteiger partial charge is 0.0423 e. The maximum absolute atomic E-state index is 5.94. The molecule has 0 aliphatic carbocycles. The van der Waals surface area contributed by atoms with E-state index in [4.69, 9.17) is 34.8 Å². The molecule has 0 aliphatic rings. The van der Waals surface area contributed by atoms with Gasteiger partial charge in [-0.2, -0.15) is 0 Å². The largest absolute Gasteiger partial charge is 0.121 e. The second-order valence-corrected chi connectivity index (χ2v) is 5.88. The Hall–Kier alpha value is -0.340. The number of hydrogen-bond acceptors (Lipinski definition) is 1. The topological polar surface area (TPSA) is 0 Å². The number of halogens is 3. The Morgan fingerprint density at radius 1 is 0.765 bits per heavy atom. The van der Waals surface area contributed by atoms with Crippen LogP contribution in [0.3, 0.4) is 0 Å². The van der Waals surface area contributed by atoms with Gasteiger partial charge in [0.25, 0.3) is 0 Å². The lowest BCUT2D eigenvalue weighted by Crippen LogP contribution is -1.81. The van der Waals surface area contributed by atoms with Crippen LogP contribution in [0.4, 0.5) is 0 Å². The molecule has 2 aromatic rings. The lowest BCUT2D eigenvalue weighted by Gasteiger charge is -2.03. The molecule has 17 heavy (non-hydrogen) atoms. The van der Waals surface area contributed by atoms with E-state index in [0.717, 1.165) is 16.3 Å².